The van der Waals surface area contributed by atoms with E-state index in [1.807, 2.05) is 6.07 Å². The van der Waals surface area contributed by atoms with E-state index in [1.165, 1.54) is 24.0 Å². The molecule has 1 fully saturated rings. The van der Waals surface area contributed by atoms with E-state index in [9.17, 15) is 0 Å². The van der Waals surface area contributed by atoms with E-state index in [0.29, 0.717) is 29.4 Å². The number of anilines is 2. The van der Waals surface area contributed by atoms with Crippen molar-refractivity contribution in [2.24, 2.45) is 5.92 Å². The third-order valence-corrected chi connectivity index (χ3v) is 4.92. The van der Waals surface area contributed by atoms with Crippen LogP contribution < -0.4 is 20.3 Å². The number of nitrogens with zero attached hydrogens (tertiary/aromatic N) is 3. The highest BCUT2D eigenvalue weighted by Crippen LogP contribution is 2.25. The van der Waals surface area contributed by atoms with Crippen LogP contribution in [0.1, 0.15) is 30.9 Å². The van der Waals surface area contributed by atoms with E-state index in [2.05, 4.69) is 63.6 Å². The molecular formula is C20H27N5OS. The quantitative estimate of drug-likeness (QED) is 0.764. The second kappa shape index (κ2) is 8.99. The van der Waals surface area contributed by atoms with Gasteiger partial charge in [0.25, 0.3) is 0 Å². The Balaban J connectivity index is 1.65. The molecule has 6 nitrogen and oxygen atoms in total. The van der Waals surface area contributed by atoms with E-state index >= 15 is 0 Å². The van der Waals surface area contributed by atoms with Crippen molar-refractivity contribution < 1.29 is 4.74 Å². The maximum atomic E-state index is 5.40. The number of piperidine rings is 1. The predicted octanol–water partition coefficient (Wildman–Crippen LogP) is 3.52. The van der Waals surface area contributed by atoms with Crippen molar-refractivity contribution in [1.82, 2.24) is 15.3 Å². The molecule has 7 heteroatoms. The third-order valence-electron chi connectivity index (χ3n) is 4.68. The average molecular weight is 386 g/mol. The molecule has 2 N–H and O–H groups in total. The fourth-order valence-electron chi connectivity index (χ4n) is 3.17. The topological polar surface area (TPSA) is 62.3 Å². The van der Waals surface area contributed by atoms with E-state index < -0.39 is 0 Å². The molecule has 1 aromatic heterocycles. The van der Waals surface area contributed by atoms with Gasteiger partial charge in [0.2, 0.25) is 11.8 Å². The van der Waals surface area contributed by atoms with Crippen molar-refractivity contribution in [3.63, 3.8) is 0 Å². The number of methoxy groups -OCH3 is 1. The zero-order chi connectivity index (χ0) is 19.2. The first-order valence-electron chi connectivity index (χ1n) is 9.32. The van der Waals surface area contributed by atoms with Crippen molar-refractivity contribution in [1.29, 1.82) is 0 Å². The second-order valence-corrected chi connectivity index (χ2v) is 7.49. The van der Waals surface area contributed by atoms with Crippen LogP contribution in [0.15, 0.2) is 30.3 Å². The Labute approximate surface area is 166 Å². The minimum Gasteiger partial charge on any atom is -0.481 e. The zero-order valence-corrected chi connectivity index (χ0v) is 17.0. The minimum atomic E-state index is 0.448. The zero-order valence-electron chi connectivity index (χ0n) is 16.2. The smallest absolute Gasteiger partial charge is 0.234 e. The molecule has 2 heterocycles. The van der Waals surface area contributed by atoms with Crippen molar-refractivity contribution in [2.45, 2.75) is 33.2 Å². The van der Waals surface area contributed by atoms with Gasteiger partial charge in [-0.1, -0.05) is 36.8 Å². The summed E-state index contributed by atoms with van der Waals surface area (Å²) in [6, 6.07) is 10.2. The molecule has 144 valence electrons. The molecule has 1 aliphatic rings. The van der Waals surface area contributed by atoms with Crippen molar-refractivity contribution in [2.75, 3.05) is 30.4 Å². The first-order valence-corrected chi connectivity index (χ1v) is 9.72. The molecule has 1 saturated heterocycles. The van der Waals surface area contributed by atoms with Crippen LogP contribution >= 0.6 is 12.2 Å². The van der Waals surface area contributed by atoms with Gasteiger partial charge in [-0.25, -0.2) is 0 Å². The van der Waals surface area contributed by atoms with Crippen LogP contribution in [0.25, 0.3) is 0 Å². The van der Waals surface area contributed by atoms with Crippen LogP contribution in [0.4, 0.5) is 11.8 Å². The highest BCUT2D eigenvalue weighted by molar-refractivity contribution is 7.80. The van der Waals surface area contributed by atoms with Crippen molar-refractivity contribution in [3.05, 3.63) is 41.5 Å². The summed E-state index contributed by atoms with van der Waals surface area (Å²) in [6.45, 7) is 6.99. The Morgan fingerprint density at radius 1 is 1.30 bits per heavy atom. The second-order valence-electron chi connectivity index (χ2n) is 7.08. The lowest BCUT2D eigenvalue weighted by molar-refractivity contribution is 0.396. The number of benzene rings is 1. The molecule has 1 aromatic carbocycles. The van der Waals surface area contributed by atoms with Gasteiger partial charge in [-0.3, -0.25) is 0 Å². The predicted molar refractivity (Wildman–Crippen MR) is 113 cm³/mol. The van der Waals surface area contributed by atoms with Gasteiger partial charge in [-0.05, 0) is 43.5 Å². The number of nitrogens with one attached hydrogen (secondary N) is 2. The summed E-state index contributed by atoms with van der Waals surface area (Å²) in [5, 5.41) is 6.76. The number of ether oxygens (including phenoxy) is 1. The lowest BCUT2D eigenvalue weighted by Gasteiger charge is -2.32. The van der Waals surface area contributed by atoms with Crippen LogP contribution in [-0.4, -0.2) is 35.3 Å². The maximum Gasteiger partial charge on any atom is 0.234 e. The molecule has 0 aliphatic carbocycles. The van der Waals surface area contributed by atoms with Crippen molar-refractivity contribution >= 4 is 29.1 Å². The van der Waals surface area contributed by atoms with Crippen LogP contribution in [0.3, 0.4) is 0 Å². The van der Waals surface area contributed by atoms with E-state index in [-0.39, 0.29) is 0 Å². The molecule has 0 unspecified atom stereocenters. The van der Waals surface area contributed by atoms with E-state index in [4.69, 9.17) is 17.0 Å². The fourth-order valence-corrected chi connectivity index (χ4v) is 3.33. The van der Waals surface area contributed by atoms with Gasteiger partial charge in [0.15, 0.2) is 5.11 Å². The number of aromatic nitrogens is 2. The Bertz CT molecular complexity index is 780. The molecule has 1 aliphatic heterocycles. The highest BCUT2D eigenvalue weighted by Gasteiger charge is 2.19. The van der Waals surface area contributed by atoms with Gasteiger partial charge in [-0.2, -0.15) is 9.97 Å². The maximum absolute atomic E-state index is 5.40. The molecule has 0 spiro atoms. The molecule has 0 bridgehead atoms. The highest BCUT2D eigenvalue weighted by atomic mass is 32.1. The molecule has 1 atom stereocenters. The van der Waals surface area contributed by atoms with Crippen molar-refractivity contribution in [3.8, 4) is 5.88 Å². The minimum absolute atomic E-state index is 0.448. The number of thiocarbonyl (C=S) groups is 1. The number of rotatable bonds is 5. The fraction of sp³-hybridized carbons (Fsp3) is 0.450. The first-order chi connectivity index (χ1) is 13.0. The van der Waals surface area contributed by atoms with Gasteiger partial charge in [0.1, 0.15) is 5.82 Å². The lowest BCUT2D eigenvalue weighted by atomic mass is 10.0. The molecule has 0 amide bonds. The number of hydrogen-bond donors (Lipinski definition) is 2. The van der Waals surface area contributed by atoms with E-state index in [0.717, 1.165) is 18.9 Å². The molecule has 27 heavy (non-hydrogen) atoms. The standard InChI is InChI=1S/C20H27N5OS/c1-14-6-8-16(9-7-14)12-21-20(27)24-19-22-17(11-18(23-19)26-3)25-10-4-5-15(2)13-25/h6-9,11,15H,4-5,10,12-13H2,1-3H3,(H2,21,22,23,24,27)/t15-/m0/s1. The Kier molecular flexibility index (Phi) is 6.45. The molecule has 0 saturated carbocycles. The molecule has 3 rings (SSSR count). The van der Waals surface area contributed by atoms with Gasteiger partial charge in [0.05, 0.1) is 7.11 Å². The Morgan fingerprint density at radius 3 is 2.78 bits per heavy atom. The molecule has 2 aromatic rings. The normalized spacial score (nSPS) is 16.7. The summed E-state index contributed by atoms with van der Waals surface area (Å²) in [5.41, 5.74) is 2.41. The van der Waals surface area contributed by atoms with Crippen LogP contribution in [0.2, 0.25) is 0 Å². The first kappa shape index (κ1) is 19.4. The summed E-state index contributed by atoms with van der Waals surface area (Å²) in [4.78, 5) is 11.3. The van der Waals surface area contributed by atoms with Crippen LogP contribution in [0.5, 0.6) is 5.88 Å². The average Bonchev–Trinajstić information content (AvgIpc) is 2.67. The number of hydrogen-bond acceptors (Lipinski definition) is 5. The summed E-state index contributed by atoms with van der Waals surface area (Å²) < 4.78 is 5.35. The third kappa shape index (κ3) is 5.53. The van der Waals surface area contributed by atoms with Gasteiger partial charge < -0.3 is 20.3 Å². The van der Waals surface area contributed by atoms with Crippen LogP contribution in [0, 0.1) is 12.8 Å². The monoisotopic (exact) mass is 385 g/mol. The Hall–Kier alpha value is -2.41. The Morgan fingerprint density at radius 2 is 2.07 bits per heavy atom. The van der Waals surface area contributed by atoms with Gasteiger partial charge in [0, 0.05) is 25.7 Å². The van der Waals surface area contributed by atoms with Crippen LogP contribution in [-0.2, 0) is 6.54 Å². The molecular weight excluding hydrogens is 358 g/mol. The summed E-state index contributed by atoms with van der Waals surface area (Å²) in [5.74, 6) is 2.51. The molecule has 0 radical (unpaired) electrons. The summed E-state index contributed by atoms with van der Waals surface area (Å²) in [6.07, 6.45) is 2.43. The summed E-state index contributed by atoms with van der Waals surface area (Å²) >= 11 is 5.40. The van der Waals surface area contributed by atoms with Gasteiger partial charge >= 0.3 is 0 Å². The van der Waals surface area contributed by atoms with Gasteiger partial charge in [-0.15, -0.1) is 0 Å². The SMILES string of the molecule is COc1cc(N2CCC[C@H](C)C2)nc(NC(=S)NCc2ccc(C)cc2)n1. The summed E-state index contributed by atoms with van der Waals surface area (Å²) in [7, 11) is 1.61. The number of aryl methyl sites for hydroxylation is 1. The largest absolute Gasteiger partial charge is 0.481 e. The lowest BCUT2D eigenvalue weighted by Crippen LogP contribution is -2.35. The van der Waals surface area contributed by atoms with E-state index in [1.54, 1.807) is 7.11 Å².